The molecule has 0 saturated carbocycles. The molecule has 1 unspecified atom stereocenters. The number of guanidine groups is 1. The second-order valence-electron chi connectivity index (χ2n) is 6.84. The van der Waals surface area contributed by atoms with Crippen LogP contribution < -0.4 is 20.7 Å². The Morgan fingerprint density at radius 3 is 2.35 bits per heavy atom. The molecule has 0 aliphatic carbocycles. The molecule has 0 radical (unpaired) electrons. The Morgan fingerprint density at radius 2 is 1.81 bits per heavy atom. The number of ether oxygens (including phenoxy) is 1. The first-order valence-electron chi connectivity index (χ1n) is 8.89. The molecule has 6 nitrogen and oxygen atoms in total. The number of benzene rings is 1. The van der Waals surface area contributed by atoms with Crippen molar-refractivity contribution < 1.29 is 9.53 Å². The van der Waals surface area contributed by atoms with Gasteiger partial charge in [-0.15, -0.1) is 24.0 Å². The van der Waals surface area contributed by atoms with Gasteiger partial charge in [0.1, 0.15) is 18.4 Å². The smallest absolute Gasteiger partial charge is 0.242 e. The van der Waals surface area contributed by atoms with Gasteiger partial charge in [-0.25, -0.2) is 4.99 Å². The van der Waals surface area contributed by atoms with E-state index in [0.29, 0.717) is 12.5 Å². The van der Waals surface area contributed by atoms with Gasteiger partial charge in [0.2, 0.25) is 5.91 Å². The van der Waals surface area contributed by atoms with Crippen LogP contribution in [-0.4, -0.2) is 43.1 Å². The number of amides is 1. The van der Waals surface area contributed by atoms with Crippen LogP contribution in [0.3, 0.4) is 0 Å². The van der Waals surface area contributed by atoms with Gasteiger partial charge in [0.25, 0.3) is 0 Å². The Bertz CT molecular complexity index is 544. The normalized spacial score (nSPS) is 12.6. The minimum atomic E-state index is -0.255. The molecule has 148 valence electrons. The van der Waals surface area contributed by atoms with Crippen molar-refractivity contribution in [3.8, 4) is 5.75 Å². The van der Waals surface area contributed by atoms with Gasteiger partial charge < -0.3 is 20.7 Å². The average Bonchev–Trinajstić information content (AvgIpc) is 2.55. The van der Waals surface area contributed by atoms with Crippen molar-refractivity contribution in [1.29, 1.82) is 0 Å². The number of carbonyl (C=O) groups is 1. The molecule has 1 rings (SSSR count). The number of hydrogen-bond donors (Lipinski definition) is 3. The average molecular weight is 476 g/mol. The number of nitrogens with one attached hydrogen (secondary N) is 3. The lowest BCUT2D eigenvalue weighted by molar-refractivity contribution is -0.121. The van der Waals surface area contributed by atoms with E-state index in [1.165, 1.54) is 0 Å². The highest BCUT2D eigenvalue weighted by atomic mass is 127. The molecule has 0 bridgehead atoms. The summed E-state index contributed by atoms with van der Waals surface area (Å²) in [5, 5.41) is 9.29. The van der Waals surface area contributed by atoms with E-state index in [0.717, 1.165) is 18.7 Å². The zero-order valence-electron chi connectivity index (χ0n) is 16.5. The van der Waals surface area contributed by atoms with Crippen LogP contribution in [0, 0.1) is 0 Å². The number of para-hydroxylation sites is 1. The number of hydrogen-bond acceptors (Lipinski definition) is 3. The van der Waals surface area contributed by atoms with Crippen molar-refractivity contribution in [3.05, 3.63) is 30.3 Å². The molecule has 0 aromatic heterocycles. The van der Waals surface area contributed by atoms with Gasteiger partial charge in [-0.05, 0) is 46.2 Å². The summed E-state index contributed by atoms with van der Waals surface area (Å²) in [6.45, 7) is 11.3. The molecule has 0 aliphatic heterocycles. The molecular weight excluding hydrogens is 443 g/mol. The highest BCUT2D eigenvalue weighted by Gasteiger charge is 2.14. The maximum atomic E-state index is 11.9. The molecule has 1 amide bonds. The van der Waals surface area contributed by atoms with Crippen LogP contribution in [0.1, 0.15) is 41.0 Å². The van der Waals surface area contributed by atoms with Crippen molar-refractivity contribution in [1.82, 2.24) is 16.0 Å². The number of aliphatic imine (C=N–C) groups is 1. The predicted molar refractivity (Wildman–Crippen MR) is 118 cm³/mol. The molecule has 1 atom stereocenters. The minimum absolute atomic E-state index is 0. The SMILES string of the molecule is CCNC(=NCC(=O)NC(C)(C)C)NCC(CC)Oc1ccccc1.I. The molecule has 0 spiro atoms. The maximum Gasteiger partial charge on any atom is 0.242 e. The molecule has 0 saturated heterocycles. The Morgan fingerprint density at radius 1 is 1.15 bits per heavy atom. The molecule has 3 N–H and O–H groups in total. The lowest BCUT2D eigenvalue weighted by Crippen LogP contribution is -2.44. The van der Waals surface area contributed by atoms with E-state index in [2.05, 4.69) is 27.9 Å². The molecule has 0 aliphatic rings. The summed E-state index contributed by atoms with van der Waals surface area (Å²) in [4.78, 5) is 16.2. The Balaban J connectivity index is 0.00000625. The molecule has 1 aromatic carbocycles. The van der Waals surface area contributed by atoms with Crippen molar-refractivity contribution in [2.24, 2.45) is 4.99 Å². The minimum Gasteiger partial charge on any atom is -0.489 e. The number of carbonyl (C=O) groups excluding carboxylic acids is 1. The van der Waals surface area contributed by atoms with E-state index in [1.54, 1.807) is 0 Å². The second-order valence-corrected chi connectivity index (χ2v) is 6.84. The summed E-state index contributed by atoms with van der Waals surface area (Å²) in [5.41, 5.74) is -0.255. The molecular formula is C19H33IN4O2. The number of rotatable bonds is 8. The largest absolute Gasteiger partial charge is 0.489 e. The molecule has 1 aromatic rings. The van der Waals surface area contributed by atoms with E-state index in [1.807, 2.05) is 58.0 Å². The van der Waals surface area contributed by atoms with Crippen molar-refractivity contribution in [2.45, 2.75) is 52.7 Å². The predicted octanol–water partition coefficient (Wildman–Crippen LogP) is 2.93. The lowest BCUT2D eigenvalue weighted by Gasteiger charge is -2.21. The van der Waals surface area contributed by atoms with Gasteiger partial charge >= 0.3 is 0 Å². The first-order chi connectivity index (χ1) is 11.8. The fourth-order valence-electron chi connectivity index (χ4n) is 2.12. The van der Waals surface area contributed by atoms with Crippen LogP contribution in [0.15, 0.2) is 35.3 Å². The lowest BCUT2D eigenvalue weighted by atomic mass is 10.1. The van der Waals surface area contributed by atoms with Gasteiger partial charge in [0.15, 0.2) is 5.96 Å². The van der Waals surface area contributed by atoms with Gasteiger partial charge in [-0.3, -0.25) is 4.79 Å². The van der Waals surface area contributed by atoms with Crippen LogP contribution in [0.5, 0.6) is 5.75 Å². The van der Waals surface area contributed by atoms with E-state index in [4.69, 9.17) is 4.74 Å². The van der Waals surface area contributed by atoms with Crippen LogP contribution in [-0.2, 0) is 4.79 Å². The summed E-state index contributed by atoms with van der Waals surface area (Å²) >= 11 is 0. The first-order valence-corrected chi connectivity index (χ1v) is 8.89. The maximum absolute atomic E-state index is 11.9. The molecule has 26 heavy (non-hydrogen) atoms. The second kappa shape index (κ2) is 12.8. The van der Waals surface area contributed by atoms with Crippen LogP contribution >= 0.6 is 24.0 Å². The fourth-order valence-corrected chi connectivity index (χ4v) is 2.12. The van der Waals surface area contributed by atoms with E-state index in [9.17, 15) is 4.79 Å². The van der Waals surface area contributed by atoms with Gasteiger partial charge in [0.05, 0.1) is 6.54 Å². The van der Waals surface area contributed by atoms with E-state index < -0.39 is 0 Å². The van der Waals surface area contributed by atoms with Gasteiger partial charge in [-0.1, -0.05) is 25.1 Å². The standard InChI is InChI=1S/C19H32N4O2.HI/c1-6-15(25-16-11-9-8-10-12-16)13-21-18(20-7-2)22-14-17(24)23-19(3,4)5;/h8-12,15H,6-7,13-14H2,1-5H3,(H,23,24)(H2,20,21,22);1H. The first kappa shape index (κ1) is 24.5. The molecule has 0 heterocycles. The topological polar surface area (TPSA) is 74.8 Å². The summed E-state index contributed by atoms with van der Waals surface area (Å²) in [7, 11) is 0. The third kappa shape index (κ3) is 11.2. The summed E-state index contributed by atoms with van der Waals surface area (Å²) in [5.74, 6) is 1.36. The van der Waals surface area contributed by atoms with Gasteiger partial charge in [0, 0.05) is 12.1 Å². The molecule has 7 heteroatoms. The van der Waals surface area contributed by atoms with Gasteiger partial charge in [-0.2, -0.15) is 0 Å². The zero-order chi connectivity index (χ0) is 18.7. The number of nitrogens with zero attached hydrogens (tertiary/aromatic N) is 1. The Kier molecular flexibility index (Phi) is 12.0. The summed E-state index contributed by atoms with van der Waals surface area (Å²) in [6, 6.07) is 9.76. The van der Waals surface area contributed by atoms with Crippen LogP contribution in [0.4, 0.5) is 0 Å². The van der Waals surface area contributed by atoms with Crippen LogP contribution in [0.25, 0.3) is 0 Å². The van der Waals surface area contributed by atoms with Crippen molar-refractivity contribution >= 4 is 35.8 Å². The summed E-state index contributed by atoms with van der Waals surface area (Å²) < 4.78 is 5.96. The quantitative estimate of drug-likeness (QED) is 0.307. The highest BCUT2D eigenvalue weighted by Crippen LogP contribution is 2.11. The summed E-state index contributed by atoms with van der Waals surface area (Å²) in [6.07, 6.45) is 0.890. The number of halogens is 1. The van der Waals surface area contributed by atoms with E-state index >= 15 is 0 Å². The third-order valence-corrected chi connectivity index (χ3v) is 3.24. The Hall–Kier alpha value is -1.51. The fraction of sp³-hybridized carbons (Fsp3) is 0.579. The van der Waals surface area contributed by atoms with Crippen molar-refractivity contribution in [3.63, 3.8) is 0 Å². The highest BCUT2D eigenvalue weighted by molar-refractivity contribution is 14.0. The van der Waals surface area contributed by atoms with E-state index in [-0.39, 0.29) is 48.1 Å². The zero-order valence-corrected chi connectivity index (χ0v) is 18.8. The Labute approximate surface area is 174 Å². The third-order valence-electron chi connectivity index (χ3n) is 3.24. The monoisotopic (exact) mass is 476 g/mol. The van der Waals surface area contributed by atoms with Crippen molar-refractivity contribution in [2.75, 3.05) is 19.6 Å². The van der Waals surface area contributed by atoms with Crippen LogP contribution in [0.2, 0.25) is 0 Å². The molecule has 0 fully saturated rings.